The van der Waals surface area contributed by atoms with Crippen molar-refractivity contribution in [2.45, 2.75) is 49.7 Å². The van der Waals surface area contributed by atoms with Crippen LogP contribution in [0.2, 0.25) is 10.0 Å². The quantitative estimate of drug-likeness (QED) is 0.394. The molecule has 6 heteroatoms. The molecule has 0 bridgehead atoms. The molecule has 2 heterocycles. The Hall–Kier alpha value is -2.53. The van der Waals surface area contributed by atoms with Crippen molar-refractivity contribution in [3.63, 3.8) is 0 Å². The molecule has 3 aromatic rings. The van der Waals surface area contributed by atoms with Crippen molar-refractivity contribution in [2.75, 3.05) is 25.0 Å². The summed E-state index contributed by atoms with van der Waals surface area (Å²) in [4.78, 5) is 17.5. The lowest BCUT2D eigenvalue weighted by Crippen LogP contribution is -2.47. The normalized spacial score (nSPS) is 20.9. The van der Waals surface area contributed by atoms with E-state index in [-0.39, 0.29) is 17.9 Å². The molecule has 3 aromatic carbocycles. The van der Waals surface area contributed by atoms with Gasteiger partial charge in [-0.25, -0.2) is 0 Å². The number of likely N-dealkylation sites (N-methyl/N-ethyl adjacent to an activating group) is 1. The fourth-order valence-electron chi connectivity index (χ4n) is 5.92. The SMILES string of the molecule is CN1c2ccc(Cl)cc2[C@H](CCC(=O)N2CCC(O)(Cc3ccccc3)CC2)[C@@H]1c1ccc(Cl)cc1. The molecule has 0 aromatic heterocycles. The molecule has 1 fully saturated rings. The van der Waals surface area contributed by atoms with Gasteiger partial charge < -0.3 is 14.9 Å². The number of aliphatic hydroxyl groups is 1. The molecule has 36 heavy (non-hydrogen) atoms. The van der Waals surface area contributed by atoms with Gasteiger partial charge in [0.05, 0.1) is 11.6 Å². The maximum atomic E-state index is 13.3. The van der Waals surface area contributed by atoms with Crippen LogP contribution in [0.4, 0.5) is 5.69 Å². The molecule has 1 saturated heterocycles. The summed E-state index contributed by atoms with van der Waals surface area (Å²) < 4.78 is 0. The van der Waals surface area contributed by atoms with Gasteiger partial charge in [0.1, 0.15) is 0 Å². The minimum Gasteiger partial charge on any atom is -0.389 e. The Morgan fingerprint density at radius 2 is 1.64 bits per heavy atom. The first-order valence-electron chi connectivity index (χ1n) is 12.6. The fourth-order valence-corrected chi connectivity index (χ4v) is 6.23. The summed E-state index contributed by atoms with van der Waals surface area (Å²) in [6, 6.07) is 24.2. The zero-order valence-electron chi connectivity index (χ0n) is 20.5. The lowest BCUT2D eigenvalue weighted by molar-refractivity contribution is -0.135. The summed E-state index contributed by atoms with van der Waals surface area (Å²) in [6.45, 7) is 1.19. The van der Waals surface area contributed by atoms with Gasteiger partial charge in [0.25, 0.3) is 0 Å². The van der Waals surface area contributed by atoms with Crippen molar-refractivity contribution in [3.8, 4) is 0 Å². The lowest BCUT2D eigenvalue weighted by atomic mass is 9.84. The summed E-state index contributed by atoms with van der Waals surface area (Å²) in [5, 5.41) is 12.5. The zero-order valence-corrected chi connectivity index (χ0v) is 22.1. The van der Waals surface area contributed by atoms with Gasteiger partial charge >= 0.3 is 0 Å². The number of anilines is 1. The summed E-state index contributed by atoms with van der Waals surface area (Å²) in [6.07, 6.45) is 3.03. The summed E-state index contributed by atoms with van der Waals surface area (Å²) in [7, 11) is 2.10. The number of benzene rings is 3. The van der Waals surface area contributed by atoms with Gasteiger partial charge in [0.2, 0.25) is 5.91 Å². The van der Waals surface area contributed by atoms with E-state index in [1.54, 1.807) is 0 Å². The van der Waals surface area contributed by atoms with Gasteiger partial charge in [0, 0.05) is 54.6 Å². The third-order valence-corrected chi connectivity index (χ3v) is 8.36. The number of nitrogens with zero attached hydrogens (tertiary/aromatic N) is 2. The van der Waals surface area contributed by atoms with Gasteiger partial charge in [-0.3, -0.25) is 4.79 Å². The van der Waals surface area contributed by atoms with Crippen molar-refractivity contribution in [3.05, 3.63) is 99.5 Å². The highest BCUT2D eigenvalue weighted by molar-refractivity contribution is 6.31. The Bertz CT molecular complexity index is 1210. The number of rotatable bonds is 6. The molecular formula is C30H32Cl2N2O2. The molecule has 2 atom stereocenters. The Morgan fingerprint density at radius 3 is 2.33 bits per heavy atom. The Kier molecular flexibility index (Phi) is 7.30. The van der Waals surface area contributed by atoms with E-state index in [9.17, 15) is 9.90 Å². The highest BCUT2D eigenvalue weighted by Gasteiger charge is 2.39. The topological polar surface area (TPSA) is 43.8 Å². The van der Waals surface area contributed by atoms with Crippen molar-refractivity contribution < 1.29 is 9.90 Å². The number of hydrogen-bond acceptors (Lipinski definition) is 3. The first-order chi connectivity index (χ1) is 17.3. The molecule has 0 unspecified atom stereocenters. The molecule has 4 nitrogen and oxygen atoms in total. The maximum absolute atomic E-state index is 13.3. The van der Waals surface area contributed by atoms with Crippen LogP contribution in [0.3, 0.4) is 0 Å². The number of hydrogen-bond donors (Lipinski definition) is 1. The molecule has 5 rings (SSSR count). The molecular weight excluding hydrogens is 491 g/mol. The molecule has 0 saturated carbocycles. The van der Waals surface area contributed by atoms with Gasteiger partial charge in [-0.15, -0.1) is 0 Å². The molecule has 0 spiro atoms. The van der Waals surface area contributed by atoms with E-state index in [0.717, 1.165) is 17.7 Å². The average Bonchev–Trinajstić information content (AvgIpc) is 3.14. The van der Waals surface area contributed by atoms with E-state index in [2.05, 4.69) is 42.3 Å². The second-order valence-electron chi connectivity index (χ2n) is 10.2. The van der Waals surface area contributed by atoms with E-state index in [1.807, 2.05) is 47.4 Å². The molecule has 188 valence electrons. The van der Waals surface area contributed by atoms with Crippen molar-refractivity contribution >= 4 is 34.8 Å². The fraction of sp³-hybridized carbons (Fsp3) is 0.367. The predicted molar refractivity (Wildman–Crippen MR) is 147 cm³/mol. The monoisotopic (exact) mass is 522 g/mol. The van der Waals surface area contributed by atoms with Crippen LogP contribution in [0.5, 0.6) is 0 Å². The van der Waals surface area contributed by atoms with Crippen LogP contribution < -0.4 is 4.90 Å². The number of amides is 1. The van der Waals surface area contributed by atoms with E-state index in [0.29, 0.717) is 48.8 Å². The molecule has 1 N–H and O–H groups in total. The molecule has 1 amide bonds. The number of likely N-dealkylation sites (tertiary alicyclic amines) is 1. The van der Waals surface area contributed by atoms with Crippen LogP contribution in [0, 0.1) is 0 Å². The second-order valence-corrected chi connectivity index (χ2v) is 11.1. The number of fused-ring (bicyclic) bond motifs is 1. The first-order valence-corrected chi connectivity index (χ1v) is 13.4. The van der Waals surface area contributed by atoms with Crippen LogP contribution in [0.25, 0.3) is 0 Å². The van der Waals surface area contributed by atoms with Crippen molar-refractivity contribution in [2.24, 2.45) is 0 Å². The van der Waals surface area contributed by atoms with Gasteiger partial charge in [-0.1, -0.05) is 65.7 Å². The third kappa shape index (κ3) is 5.27. The Morgan fingerprint density at radius 1 is 0.972 bits per heavy atom. The number of piperidine rings is 1. The van der Waals surface area contributed by atoms with Gasteiger partial charge in [-0.05, 0) is 66.3 Å². The Labute approximate surface area is 223 Å². The number of halogens is 2. The van der Waals surface area contributed by atoms with Crippen molar-refractivity contribution in [1.82, 2.24) is 4.90 Å². The standard InChI is InChI=1S/C30H32Cl2N2O2/c1-33-27-13-11-24(32)19-26(27)25(29(33)22-7-9-23(31)10-8-22)12-14-28(35)34-17-15-30(36,16-18-34)20-21-5-3-2-4-6-21/h2-11,13,19,25,29,36H,12,14-18,20H2,1H3/t25-,29-/m0/s1. The lowest BCUT2D eigenvalue weighted by Gasteiger charge is -2.38. The minimum absolute atomic E-state index is 0.112. The second kappa shape index (κ2) is 10.5. The van der Waals surface area contributed by atoms with E-state index < -0.39 is 5.60 Å². The van der Waals surface area contributed by atoms with Crippen LogP contribution in [-0.2, 0) is 11.2 Å². The largest absolute Gasteiger partial charge is 0.389 e. The minimum atomic E-state index is -0.748. The van der Waals surface area contributed by atoms with Crippen LogP contribution in [0.15, 0.2) is 72.8 Å². The zero-order chi connectivity index (χ0) is 25.3. The van der Waals surface area contributed by atoms with Crippen molar-refractivity contribution in [1.29, 1.82) is 0 Å². The van der Waals surface area contributed by atoms with E-state index >= 15 is 0 Å². The Balaban J connectivity index is 1.26. The van der Waals surface area contributed by atoms with Crippen LogP contribution in [-0.4, -0.2) is 41.7 Å². The molecule has 0 aliphatic carbocycles. The van der Waals surface area contributed by atoms with E-state index in [1.165, 1.54) is 11.1 Å². The average molecular weight is 524 g/mol. The molecule has 2 aliphatic rings. The van der Waals surface area contributed by atoms with Crippen LogP contribution >= 0.6 is 23.2 Å². The molecule has 0 radical (unpaired) electrons. The van der Waals surface area contributed by atoms with Gasteiger partial charge in [-0.2, -0.15) is 0 Å². The molecule has 2 aliphatic heterocycles. The van der Waals surface area contributed by atoms with Crippen LogP contribution in [0.1, 0.15) is 54.3 Å². The third-order valence-electron chi connectivity index (χ3n) is 7.87. The first kappa shape index (κ1) is 25.1. The van der Waals surface area contributed by atoms with E-state index in [4.69, 9.17) is 23.2 Å². The summed E-state index contributed by atoms with van der Waals surface area (Å²) in [5.41, 5.74) is 3.91. The smallest absolute Gasteiger partial charge is 0.222 e. The number of carbonyl (C=O) groups is 1. The predicted octanol–water partition coefficient (Wildman–Crippen LogP) is 6.64. The maximum Gasteiger partial charge on any atom is 0.222 e. The highest BCUT2D eigenvalue weighted by Crippen LogP contribution is 2.51. The summed E-state index contributed by atoms with van der Waals surface area (Å²) >= 11 is 12.5. The number of carbonyl (C=O) groups excluding carboxylic acids is 1. The highest BCUT2D eigenvalue weighted by atomic mass is 35.5. The van der Waals surface area contributed by atoms with Gasteiger partial charge in [0.15, 0.2) is 0 Å². The summed E-state index contributed by atoms with van der Waals surface area (Å²) in [5.74, 6) is 0.304.